The molecule has 0 fully saturated rings. The molecule has 84 valence electrons. The Bertz CT molecular complexity index is 450. The SMILES string of the molecule is Nc1cccnc1.Nc1cnc(F)cc1I. The molecular formula is C10H10FIN4. The summed E-state index contributed by atoms with van der Waals surface area (Å²) in [6.45, 7) is 0. The molecule has 0 saturated heterocycles. The largest absolute Gasteiger partial charge is 0.397 e. The van der Waals surface area contributed by atoms with Crippen molar-refractivity contribution in [2.45, 2.75) is 0 Å². The molecule has 2 rings (SSSR count). The van der Waals surface area contributed by atoms with Crippen LogP contribution in [-0.2, 0) is 0 Å². The van der Waals surface area contributed by atoms with E-state index in [0.717, 1.165) is 0 Å². The highest BCUT2D eigenvalue weighted by Crippen LogP contribution is 2.12. The van der Waals surface area contributed by atoms with Crippen LogP contribution in [0.4, 0.5) is 15.8 Å². The van der Waals surface area contributed by atoms with E-state index in [1.807, 2.05) is 22.6 Å². The number of hydrogen-bond donors (Lipinski definition) is 2. The lowest BCUT2D eigenvalue weighted by molar-refractivity contribution is 0.583. The first-order chi connectivity index (χ1) is 7.59. The standard InChI is InChI=1S/C5H4FIN2.C5H6N2/c6-5-1-3(7)4(8)2-9-5;6-5-2-1-3-7-4-5/h1-2H,8H2;1-4H,6H2. The van der Waals surface area contributed by atoms with Crippen LogP contribution in [0.15, 0.2) is 36.8 Å². The fraction of sp³-hybridized carbons (Fsp3) is 0. The van der Waals surface area contributed by atoms with Crippen molar-refractivity contribution < 1.29 is 4.39 Å². The number of nitrogens with zero attached hydrogens (tertiary/aromatic N) is 2. The first-order valence-corrected chi connectivity index (χ1v) is 5.39. The zero-order valence-corrected chi connectivity index (χ0v) is 10.4. The number of aromatic nitrogens is 2. The lowest BCUT2D eigenvalue weighted by Gasteiger charge is -1.93. The van der Waals surface area contributed by atoms with Crippen molar-refractivity contribution >= 4 is 34.0 Å². The zero-order valence-electron chi connectivity index (χ0n) is 8.27. The van der Waals surface area contributed by atoms with Crippen LogP contribution in [0.2, 0.25) is 0 Å². The van der Waals surface area contributed by atoms with E-state index < -0.39 is 5.95 Å². The lowest BCUT2D eigenvalue weighted by Crippen LogP contribution is -1.92. The Balaban J connectivity index is 0.000000165. The number of nitrogens with two attached hydrogens (primary N) is 2. The van der Waals surface area contributed by atoms with Gasteiger partial charge in [-0.2, -0.15) is 4.39 Å². The normalized spacial score (nSPS) is 9.12. The molecule has 4 N–H and O–H groups in total. The third-order valence-electron chi connectivity index (χ3n) is 1.53. The summed E-state index contributed by atoms with van der Waals surface area (Å²) in [7, 11) is 0. The first-order valence-electron chi connectivity index (χ1n) is 4.31. The van der Waals surface area contributed by atoms with Gasteiger partial charge in [0.05, 0.1) is 17.6 Å². The highest BCUT2D eigenvalue weighted by Gasteiger charge is 1.95. The summed E-state index contributed by atoms with van der Waals surface area (Å²) in [5.41, 5.74) is 11.9. The van der Waals surface area contributed by atoms with Crippen molar-refractivity contribution in [1.29, 1.82) is 0 Å². The molecule has 0 radical (unpaired) electrons. The predicted octanol–water partition coefficient (Wildman–Crippen LogP) is 2.07. The molecule has 0 aliphatic carbocycles. The number of nitrogen functional groups attached to an aromatic ring is 2. The average Bonchev–Trinajstić information content (AvgIpc) is 2.26. The molecule has 0 amide bonds. The van der Waals surface area contributed by atoms with Crippen LogP contribution < -0.4 is 11.5 Å². The van der Waals surface area contributed by atoms with Crippen LogP contribution in [0.25, 0.3) is 0 Å². The van der Waals surface area contributed by atoms with E-state index in [1.165, 1.54) is 12.3 Å². The van der Waals surface area contributed by atoms with Crippen molar-refractivity contribution in [3.8, 4) is 0 Å². The van der Waals surface area contributed by atoms with E-state index in [1.54, 1.807) is 24.5 Å². The van der Waals surface area contributed by atoms with Crippen LogP contribution in [0.3, 0.4) is 0 Å². The summed E-state index contributed by atoms with van der Waals surface area (Å²) in [5, 5.41) is 0. The molecule has 2 aromatic rings. The monoisotopic (exact) mass is 332 g/mol. The van der Waals surface area contributed by atoms with Gasteiger partial charge >= 0.3 is 0 Å². The maximum atomic E-state index is 12.2. The number of anilines is 2. The molecular weight excluding hydrogens is 322 g/mol. The van der Waals surface area contributed by atoms with Gasteiger partial charge in [-0.25, -0.2) is 4.98 Å². The highest BCUT2D eigenvalue weighted by atomic mass is 127. The molecule has 16 heavy (non-hydrogen) atoms. The Labute approximate surface area is 106 Å². The van der Waals surface area contributed by atoms with Crippen molar-refractivity contribution in [2.75, 3.05) is 11.5 Å². The zero-order chi connectivity index (χ0) is 12.0. The molecule has 0 atom stereocenters. The molecule has 4 nitrogen and oxygen atoms in total. The van der Waals surface area contributed by atoms with E-state index in [2.05, 4.69) is 9.97 Å². The van der Waals surface area contributed by atoms with Gasteiger partial charge in [0.1, 0.15) is 0 Å². The molecule has 0 aliphatic rings. The Hall–Kier alpha value is -1.44. The number of halogens is 2. The molecule has 6 heteroatoms. The molecule has 2 aromatic heterocycles. The van der Waals surface area contributed by atoms with Gasteiger partial charge in [0.25, 0.3) is 0 Å². The number of hydrogen-bond acceptors (Lipinski definition) is 4. The second-order valence-electron chi connectivity index (χ2n) is 2.81. The van der Waals surface area contributed by atoms with E-state index in [4.69, 9.17) is 11.5 Å². The fourth-order valence-corrected chi connectivity index (χ4v) is 1.19. The summed E-state index contributed by atoms with van der Waals surface area (Å²) in [6.07, 6.45) is 4.60. The maximum absolute atomic E-state index is 12.2. The predicted molar refractivity (Wildman–Crippen MR) is 70.0 cm³/mol. The van der Waals surface area contributed by atoms with Gasteiger partial charge in [-0.3, -0.25) is 4.98 Å². The topological polar surface area (TPSA) is 77.8 Å². The molecule has 0 aliphatic heterocycles. The Kier molecular flexibility index (Phi) is 4.90. The van der Waals surface area contributed by atoms with Gasteiger partial charge in [-0.05, 0) is 34.7 Å². The number of pyridine rings is 2. The third-order valence-corrected chi connectivity index (χ3v) is 2.47. The lowest BCUT2D eigenvalue weighted by atomic mass is 10.4. The van der Waals surface area contributed by atoms with Crippen LogP contribution in [0, 0.1) is 9.52 Å². The molecule has 0 saturated carbocycles. The van der Waals surface area contributed by atoms with Gasteiger partial charge in [0, 0.05) is 22.0 Å². The third kappa shape index (κ3) is 4.39. The second kappa shape index (κ2) is 6.21. The van der Waals surface area contributed by atoms with Crippen molar-refractivity contribution in [2.24, 2.45) is 0 Å². The Morgan fingerprint density at radius 1 is 1.25 bits per heavy atom. The summed E-state index contributed by atoms with van der Waals surface area (Å²) < 4.78 is 12.9. The van der Waals surface area contributed by atoms with Crippen molar-refractivity contribution in [3.05, 3.63) is 46.3 Å². The fourth-order valence-electron chi connectivity index (χ4n) is 0.794. The van der Waals surface area contributed by atoms with Crippen LogP contribution >= 0.6 is 22.6 Å². The first kappa shape index (κ1) is 12.6. The smallest absolute Gasteiger partial charge is 0.213 e. The van der Waals surface area contributed by atoms with Gasteiger partial charge in [0.15, 0.2) is 0 Å². The summed E-state index contributed by atoms with van der Waals surface area (Å²) in [4.78, 5) is 7.10. The molecule has 0 spiro atoms. The minimum atomic E-state index is -0.492. The Morgan fingerprint density at radius 2 is 2.00 bits per heavy atom. The highest BCUT2D eigenvalue weighted by molar-refractivity contribution is 14.1. The minimum Gasteiger partial charge on any atom is -0.397 e. The van der Waals surface area contributed by atoms with Gasteiger partial charge in [-0.15, -0.1) is 0 Å². The summed E-state index contributed by atoms with van der Waals surface area (Å²) in [6, 6.07) is 4.89. The quantitative estimate of drug-likeness (QED) is 0.572. The van der Waals surface area contributed by atoms with Gasteiger partial charge in [0.2, 0.25) is 5.95 Å². The Morgan fingerprint density at radius 3 is 2.38 bits per heavy atom. The van der Waals surface area contributed by atoms with Crippen molar-refractivity contribution in [3.63, 3.8) is 0 Å². The van der Waals surface area contributed by atoms with E-state index >= 15 is 0 Å². The van der Waals surface area contributed by atoms with E-state index in [0.29, 0.717) is 14.9 Å². The van der Waals surface area contributed by atoms with Crippen LogP contribution in [0.5, 0.6) is 0 Å². The van der Waals surface area contributed by atoms with Gasteiger partial charge in [-0.1, -0.05) is 0 Å². The molecule has 0 aromatic carbocycles. The second-order valence-corrected chi connectivity index (χ2v) is 3.98. The molecule has 2 heterocycles. The molecule has 0 bridgehead atoms. The maximum Gasteiger partial charge on any atom is 0.213 e. The summed E-state index contributed by atoms with van der Waals surface area (Å²) >= 11 is 1.94. The van der Waals surface area contributed by atoms with E-state index in [-0.39, 0.29) is 0 Å². The van der Waals surface area contributed by atoms with Crippen LogP contribution in [-0.4, -0.2) is 9.97 Å². The summed E-state index contributed by atoms with van der Waals surface area (Å²) in [5.74, 6) is -0.492. The average molecular weight is 332 g/mol. The molecule has 0 unspecified atom stereocenters. The minimum absolute atomic E-state index is 0.492. The van der Waals surface area contributed by atoms with Gasteiger partial charge < -0.3 is 11.5 Å². The van der Waals surface area contributed by atoms with Crippen LogP contribution in [0.1, 0.15) is 0 Å². The van der Waals surface area contributed by atoms with E-state index in [9.17, 15) is 4.39 Å². The number of rotatable bonds is 0. The van der Waals surface area contributed by atoms with Crippen molar-refractivity contribution in [1.82, 2.24) is 9.97 Å².